The molecule has 0 fully saturated rings. The number of aromatic nitrogens is 2. The molecule has 3 rings (SSSR count). The first-order chi connectivity index (χ1) is 12.7. The number of rotatable bonds is 2. The lowest BCUT2D eigenvalue weighted by Gasteiger charge is -2.26. The molecular formula is C14H15ClF3N3O5S2. The molecule has 0 radical (unpaired) electrons. The summed E-state index contributed by atoms with van der Waals surface area (Å²) in [4.78, 5) is 0. The summed E-state index contributed by atoms with van der Waals surface area (Å²) < 4.78 is 88.4. The highest BCUT2D eigenvalue weighted by Gasteiger charge is 2.37. The fourth-order valence-electron chi connectivity index (χ4n) is 2.41. The van der Waals surface area contributed by atoms with Crippen LogP contribution >= 0.6 is 11.6 Å². The molecule has 0 N–H and O–H groups in total. The zero-order chi connectivity index (χ0) is 21.3. The zero-order valence-electron chi connectivity index (χ0n) is 14.3. The lowest BCUT2D eigenvalue weighted by atomic mass is 10.0. The van der Waals surface area contributed by atoms with Crippen LogP contribution in [-0.4, -0.2) is 41.7 Å². The summed E-state index contributed by atoms with van der Waals surface area (Å²) in [5.41, 5.74) is -3.62. The van der Waals surface area contributed by atoms with E-state index in [4.69, 9.17) is 24.6 Å². The van der Waals surface area contributed by atoms with Gasteiger partial charge in [-0.25, -0.2) is 13.0 Å². The third kappa shape index (κ3) is 5.03. The summed E-state index contributed by atoms with van der Waals surface area (Å²) in [5.74, 6) is 0. The zero-order valence-corrected chi connectivity index (χ0v) is 16.7. The molecule has 0 atom stereocenters. The van der Waals surface area contributed by atoms with E-state index in [0.717, 1.165) is 11.1 Å². The third-order valence-electron chi connectivity index (χ3n) is 3.80. The second-order valence-corrected chi connectivity index (χ2v) is 9.39. The van der Waals surface area contributed by atoms with Crippen molar-refractivity contribution in [1.29, 1.82) is 0 Å². The van der Waals surface area contributed by atoms with Crippen molar-refractivity contribution in [2.75, 3.05) is 6.54 Å². The molecule has 1 aromatic heterocycles. The Labute approximate surface area is 164 Å². The normalized spacial score (nSPS) is 15.5. The number of fused-ring (bicyclic) bond motifs is 1. The molecule has 28 heavy (non-hydrogen) atoms. The van der Waals surface area contributed by atoms with Gasteiger partial charge in [0, 0.05) is 18.1 Å². The Hall–Kier alpha value is -1.67. The highest BCUT2D eigenvalue weighted by Crippen LogP contribution is 2.27. The van der Waals surface area contributed by atoms with Crippen molar-refractivity contribution < 1.29 is 39.1 Å². The fraction of sp³-hybridized carbons (Fsp3) is 0.357. The predicted molar refractivity (Wildman–Crippen MR) is 91.2 cm³/mol. The van der Waals surface area contributed by atoms with Gasteiger partial charge < -0.3 is 4.55 Å². The Balaban J connectivity index is 0.000000300. The maximum atomic E-state index is 12.6. The summed E-state index contributed by atoms with van der Waals surface area (Å²) in [6.07, 6.45) is 5.46. The molecule has 14 heteroatoms. The average Bonchev–Trinajstić information content (AvgIpc) is 3.01. The van der Waals surface area contributed by atoms with Gasteiger partial charge in [-0.05, 0) is 23.6 Å². The van der Waals surface area contributed by atoms with Crippen LogP contribution in [0.2, 0.25) is 5.02 Å². The van der Waals surface area contributed by atoms with Crippen molar-refractivity contribution >= 4 is 31.9 Å². The van der Waals surface area contributed by atoms with Crippen molar-refractivity contribution in [3.63, 3.8) is 0 Å². The quantitative estimate of drug-likeness (QED) is 0.379. The number of hydrogen-bond donors (Lipinski definition) is 0. The largest absolute Gasteiger partial charge is 0.741 e. The number of benzene rings is 1. The van der Waals surface area contributed by atoms with E-state index in [9.17, 15) is 21.6 Å². The van der Waals surface area contributed by atoms with E-state index in [-0.39, 0.29) is 0 Å². The van der Waals surface area contributed by atoms with Gasteiger partial charge in [-0.15, -0.1) is 3.97 Å². The van der Waals surface area contributed by atoms with Crippen LogP contribution in [0, 0.1) is 0 Å². The molecule has 0 saturated carbocycles. The smallest absolute Gasteiger partial charge is 0.485 e. The number of imidazole rings is 1. The second kappa shape index (κ2) is 7.99. The monoisotopic (exact) mass is 461 g/mol. The number of aryl methyl sites for hydroxylation is 1. The van der Waals surface area contributed by atoms with Crippen LogP contribution < -0.4 is 4.57 Å². The lowest BCUT2D eigenvalue weighted by molar-refractivity contribution is -0.670. The van der Waals surface area contributed by atoms with Crippen molar-refractivity contribution in [1.82, 2.24) is 8.28 Å². The van der Waals surface area contributed by atoms with Gasteiger partial charge in [0.15, 0.2) is 10.1 Å². The van der Waals surface area contributed by atoms with E-state index in [1.165, 1.54) is 20.8 Å². The van der Waals surface area contributed by atoms with E-state index in [2.05, 4.69) is 0 Å². The van der Waals surface area contributed by atoms with Crippen LogP contribution in [0.5, 0.6) is 0 Å². The number of nitrogens with zero attached hydrogens (tertiary/aromatic N) is 3. The summed E-state index contributed by atoms with van der Waals surface area (Å²) in [6, 6.07) is 5.70. The molecule has 2 heterocycles. The highest BCUT2D eigenvalue weighted by molar-refractivity contribution is 7.87. The molecule has 8 nitrogen and oxygen atoms in total. The fourth-order valence-corrected chi connectivity index (χ4v) is 4.02. The van der Waals surface area contributed by atoms with Gasteiger partial charge in [-0.2, -0.15) is 25.9 Å². The van der Waals surface area contributed by atoms with Crippen LogP contribution in [0.3, 0.4) is 0 Å². The van der Waals surface area contributed by atoms with Crippen LogP contribution in [-0.2, 0) is 40.3 Å². The van der Waals surface area contributed by atoms with Crippen molar-refractivity contribution in [2.45, 2.75) is 18.5 Å². The Morgan fingerprint density at radius 1 is 1.21 bits per heavy atom. The van der Waals surface area contributed by atoms with Gasteiger partial charge in [0.2, 0.25) is 0 Å². The summed E-state index contributed by atoms with van der Waals surface area (Å²) in [7, 11) is -7.83. The Bertz CT molecular complexity index is 1070. The van der Waals surface area contributed by atoms with Crippen molar-refractivity contribution in [3.8, 4) is 0 Å². The third-order valence-corrected chi connectivity index (χ3v) is 6.44. The number of hydrogen-bond acceptors (Lipinski definition) is 5. The minimum Gasteiger partial charge on any atom is -0.741 e. The van der Waals surface area contributed by atoms with Gasteiger partial charge in [0.1, 0.15) is 12.4 Å². The molecular weight excluding hydrogens is 447 g/mol. The Morgan fingerprint density at radius 3 is 2.32 bits per heavy atom. The topological polar surface area (TPSA) is 103 Å². The summed E-state index contributed by atoms with van der Waals surface area (Å²) in [6.45, 7) is 0.788. The Kier molecular flexibility index (Phi) is 6.45. The predicted octanol–water partition coefficient (Wildman–Crippen LogP) is 1.17. The van der Waals surface area contributed by atoms with Gasteiger partial charge in [-0.3, -0.25) is 0 Å². The van der Waals surface area contributed by atoms with Crippen LogP contribution in [0.1, 0.15) is 11.1 Å². The first kappa shape index (κ1) is 22.6. The van der Waals surface area contributed by atoms with Gasteiger partial charge in [0.05, 0.1) is 7.05 Å². The lowest BCUT2D eigenvalue weighted by Crippen LogP contribution is -2.39. The van der Waals surface area contributed by atoms with Crippen molar-refractivity contribution in [3.05, 3.63) is 53.1 Å². The first-order valence-electron chi connectivity index (χ1n) is 7.56. The molecule has 1 aliphatic rings. The maximum absolute atomic E-state index is 12.6. The minimum absolute atomic E-state index is 0.319. The molecule has 0 aliphatic carbocycles. The van der Waals surface area contributed by atoms with E-state index in [1.807, 2.05) is 12.1 Å². The molecule has 156 valence electrons. The SMILES string of the molecule is C[n+]1ccn(S(=O)(=O)N2CCc3cccc(Cl)c3C2)c1.O=S(=O)([O-])C(F)(F)F. The van der Waals surface area contributed by atoms with Crippen LogP contribution in [0.25, 0.3) is 0 Å². The summed E-state index contributed by atoms with van der Waals surface area (Å²) >= 11 is 6.18. The van der Waals surface area contributed by atoms with Crippen LogP contribution in [0.4, 0.5) is 13.2 Å². The van der Waals surface area contributed by atoms with Gasteiger partial charge >= 0.3 is 15.7 Å². The minimum atomic E-state index is -6.09. The molecule has 0 amide bonds. The standard InChI is InChI=1S/C13H15ClN3O2S.CHF3O3S/c1-15-7-8-17(10-15)20(18,19)16-6-5-11-3-2-4-13(14)12(11)9-16;2-1(3,4)8(5,6)7/h2-4,7-8,10H,5-6,9H2,1H3;(H,5,6,7)/q+1;/p-1. The van der Waals surface area contributed by atoms with Gasteiger partial charge in [0.25, 0.3) is 6.33 Å². The van der Waals surface area contributed by atoms with E-state index in [1.54, 1.807) is 23.9 Å². The number of halogens is 4. The van der Waals surface area contributed by atoms with Crippen molar-refractivity contribution in [2.24, 2.45) is 7.05 Å². The summed E-state index contributed by atoms with van der Waals surface area (Å²) in [5, 5.41) is 0.625. The molecule has 0 unspecified atom stereocenters. The van der Waals surface area contributed by atoms with Gasteiger partial charge in [-0.1, -0.05) is 23.7 Å². The molecule has 0 saturated heterocycles. The van der Waals surface area contributed by atoms with E-state index >= 15 is 0 Å². The second-order valence-electron chi connectivity index (χ2n) is 5.78. The Morgan fingerprint density at radius 2 is 1.82 bits per heavy atom. The molecule has 2 aromatic rings. The average molecular weight is 462 g/mol. The van der Waals surface area contributed by atoms with Crippen LogP contribution in [0.15, 0.2) is 36.9 Å². The molecule has 0 bridgehead atoms. The number of alkyl halides is 3. The van der Waals surface area contributed by atoms with E-state index in [0.29, 0.717) is 24.5 Å². The molecule has 1 aromatic carbocycles. The first-order valence-corrected chi connectivity index (χ1v) is 10.7. The highest BCUT2D eigenvalue weighted by atomic mass is 35.5. The molecule has 0 spiro atoms. The molecule has 1 aliphatic heterocycles. The maximum Gasteiger partial charge on any atom is 0.485 e. The van der Waals surface area contributed by atoms with E-state index < -0.39 is 25.8 Å².